The zero-order valence-corrected chi connectivity index (χ0v) is 46.1. The van der Waals surface area contributed by atoms with Crippen LogP contribution in [-0.4, -0.2) is 24.9 Å². The van der Waals surface area contributed by atoms with Crippen LogP contribution in [0.3, 0.4) is 0 Å². The highest BCUT2D eigenvalue weighted by molar-refractivity contribution is 9.15. The third-order valence-electron chi connectivity index (χ3n) is 16.3. The zero-order valence-electron chi connectivity index (χ0n) is 42.9. The summed E-state index contributed by atoms with van der Waals surface area (Å²) in [4.78, 5) is 0. The Kier molecular flexibility index (Phi) is 15.1. The fourth-order valence-corrected chi connectivity index (χ4v) is 13.9. The lowest BCUT2D eigenvalue weighted by Gasteiger charge is -2.41. The summed E-state index contributed by atoms with van der Waals surface area (Å²) in [6.07, 6.45) is 9.01. The predicted octanol–water partition coefficient (Wildman–Crippen LogP) is 17.3. The number of hydrogen-bond donors (Lipinski definition) is 1. The first-order chi connectivity index (χ1) is 36.4. The van der Waals surface area contributed by atoms with Crippen LogP contribution in [0.4, 0.5) is 0 Å². The van der Waals surface area contributed by atoms with E-state index >= 15 is 0 Å². The Balaban J connectivity index is 1.22. The fraction of sp³-hybridized carbons (Fsp3) is 0.294. The highest BCUT2D eigenvalue weighted by Crippen LogP contribution is 2.67. The van der Waals surface area contributed by atoms with Gasteiger partial charge in [-0.15, -0.1) is 0 Å². The topological polar surface area (TPSA) is 47.9 Å². The molecule has 3 unspecified atom stereocenters. The Hall–Kier alpha value is -5.44. The van der Waals surface area contributed by atoms with Gasteiger partial charge in [-0.2, -0.15) is 0 Å². The number of hydrogen-bond acceptors (Lipinski definition) is 4. The fourth-order valence-electron chi connectivity index (χ4n) is 12.6. The van der Waals surface area contributed by atoms with Crippen molar-refractivity contribution in [2.75, 3.05) is 19.8 Å². The minimum atomic E-state index is -0.730. The molecule has 3 atom stereocenters. The third kappa shape index (κ3) is 8.78. The normalized spacial score (nSPS) is 17.9. The van der Waals surface area contributed by atoms with Crippen molar-refractivity contribution in [3.05, 3.63) is 252 Å². The quantitative estimate of drug-likeness (QED) is 0.0773. The molecule has 0 radical (unpaired) electrons. The summed E-state index contributed by atoms with van der Waals surface area (Å²) < 4.78 is 20.8. The van der Waals surface area contributed by atoms with Crippen molar-refractivity contribution < 1.29 is 19.3 Å². The van der Waals surface area contributed by atoms with Gasteiger partial charge in [0.25, 0.3) is 0 Å². The van der Waals surface area contributed by atoms with Gasteiger partial charge in [-0.05, 0) is 131 Å². The lowest BCUT2D eigenvalue weighted by atomic mass is 9.61. The van der Waals surface area contributed by atoms with Gasteiger partial charge in [0.1, 0.15) is 0 Å². The van der Waals surface area contributed by atoms with Gasteiger partial charge >= 0.3 is 0 Å². The van der Waals surface area contributed by atoms with Crippen molar-refractivity contribution in [3.8, 4) is 11.1 Å². The molecule has 6 heteroatoms. The standard InChI is InChI=1S/C68H66Br2O4/c1-4-7-34-72-42-46-20-28-50(29-21-46)67(49-26-18-45(41-71)19-27-49)59-37-58-60(38-57(59)65-55-16-12-10-14-53(55)63(69)39-61(65)67)68(51-30-22-47(23-31-51)43-73-35-8-5-2,52-32-24-48(25-33-52)44-74-36-9-6-3)62-40-64(70)54-15-11-13-17-56(54)66(58)62/h10-33,37-40,62,66,71H,4-9,34-36,41-44H2,1-3H3. The van der Waals surface area contributed by atoms with Crippen molar-refractivity contribution in [1.29, 1.82) is 0 Å². The molecule has 376 valence electrons. The number of aliphatic hydroxyl groups excluding tert-OH is 1. The molecule has 0 aromatic heterocycles. The number of allylic oxidation sites excluding steroid dienone is 1. The Labute approximate surface area is 455 Å². The zero-order chi connectivity index (χ0) is 50.8. The van der Waals surface area contributed by atoms with E-state index in [0.29, 0.717) is 19.8 Å². The smallest absolute Gasteiger partial charge is 0.0716 e. The molecule has 1 N–H and O–H groups in total. The van der Waals surface area contributed by atoms with Gasteiger partial charge in [-0.25, -0.2) is 0 Å². The van der Waals surface area contributed by atoms with Crippen LogP contribution in [0.1, 0.15) is 143 Å². The molecule has 0 saturated heterocycles. The molecule has 11 rings (SSSR count). The maximum Gasteiger partial charge on any atom is 0.0716 e. The molecule has 74 heavy (non-hydrogen) atoms. The van der Waals surface area contributed by atoms with E-state index in [1.165, 1.54) is 83.1 Å². The van der Waals surface area contributed by atoms with Gasteiger partial charge in [0.05, 0.1) is 37.3 Å². The van der Waals surface area contributed by atoms with Gasteiger partial charge in [0.15, 0.2) is 0 Å². The lowest BCUT2D eigenvalue weighted by Crippen LogP contribution is -2.36. The highest BCUT2D eigenvalue weighted by Gasteiger charge is 2.57. The average Bonchev–Trinajstić information content (AvgIpc) is 3.93. The van der Waals surface area contributed by atoms with Crippen LogP contribution in [0.2, 0.25) is 0 Å². The van der Waals surface area contributed by atoms with Crippen molar-refractivity contribution in [2.24, 2.45) is 5.92 Å². The van der Waals surface area contributed by atoms with Crippen LogP contribution in [0.25, 0.3) is 26.4 Å². The summed E-state index contributed by atoms with van der Waals surface area (Å²) in [5.41, 5.74) is 18.1. The van der Waals surface area contributed by atoms with Crippen molar-refractivity contribution in [3.63, 3.8) is 0 Å². The van der Waals surface area contributed by atoms with Crippen molar-refractivity contribution in [2.45, 2.75) is 102 Å². The molecular weight excluding hydrogens is 1040 g/mol. The lowest BCUT2D eigenvalue weighted by molar-refractivity contribution is 0.118. The predicted molar refractivity (Wildman–Crippen MR) is 310 cm³/mol. The van der Waals surface area contributed by atoms with Gasteiger partial charge in [0, 0.05) is 40.6 Å². The second-order valence-corrected chi connectivity index (χ2v) is 22.3. The summed E-state index contributed by atoms with van der Waals surface area (Å²) in [6, 6.07) is 62.3. The second-order valence-electron chi connectivity index (χ2n) is 20.6. The van der Waals surface area contributed by atoms with E-state index in [0.717, 1.165) is 84.0 Å². The Morgan fingerprint density at radius 2 is 0.959 bits per heavy atom. The second kappa shape index (κ2) is 22.0. The van der Waals surface area contributed by atoms with Crippen LogP contribution in [0.15, 0.2) is 174 Å². The van der Waals surface area contributed by atoms with Crippen LogP contribution >= 0.6 is 31.9 Å². The summed E-state index contributed by atoms with van der Waals surface area (Å²) in [5, 5.41) is 12.8. The first kappa shape index (κ1) is 50.7. The monoisotopic (exact) mass is 1100 g/mol. The first-order valence-corrected chi connectivity index (χ1v) is 28.5. The van der Waals surface area contributed by atoms with Crippen molar-refractivity contribution >= 4 is 47.1 Å². The molecule has 0 heterocycles. The molecule has 0 amide bonds. The minimum absolute atomic E-state index is 0.00831. The Bertz CT molecular complexity index is 3250. The summed E-state index contributed by atoms with van der Waals surface area (Å²) in [5.74, 6) is 0.0279. The van der Waals surface area contributed by atoms with E-state index in [1.54, 1.807) is 0 Å². The maximum absolute atomic E-state index is 10.4. The molecule has 0 fully saturated rings. The van der Waals surface area contributed by atoms with Crippen LogP contribution < -0.4 is 0 Å². The number of halogens is 2. The molecule has 4 nitrogen and oxygen atoms in total. The molecule has 0 spiro atoms. The highest BCUT2D eigenvalue weighted by atomic mass is 79.9. The van der Waals surface area contributed by atoms with Crippen LogP contribution in [-0.2, 0) is 51.5 Å². The molecule has 0 aliphatic heterocycles. The molecular formula is C68H66Br2O4. The SMILES string of the molecule is CCCCOCc1ccc(C2(c3ccc(CO)cc3)c3cc4c(cc3-c3c2cc(Br)c2ccccc32)C(c2ccc(COCCCC)cc2)(c2ccc(COCCCC)cc2)C2C=C(Br)c3ccccc3C42)cc1. The number of unbranched alkanes of at least 4 members (excludes halogenated alkanes) is 3. The summed E-state index contributed by atoms with van der Waals surface area (Å²) >= 11 is 8.35. The van der Waals surface area contributed by atoms with Crippen molar-refractivity contribution in [1.82, 2.24) is 0 Å². The van der Waals surface area contributed by atoms with E-state index in [2.05, 4.69) is 222 Å². The Morgan fingerprint density at radius 3 is 1.49 bits per heavy atom. The number of fused-ring (bicyclic) bond motifs is 10. The largest absolute Gasteiger partial charge is 0.392 e. The molecule has 0 saturated carbocycles. The molecule has 3 aliphatic rings. The maximum atomic E-state index is 10.4. The van der Waals surface area contributed by atoms with Gasteiger partial charge in [0.2, 0.25) is 0 Å². The first-order valence-electron chi connectivity index (χ1n) is 27.0. The van der Waals surface area contributed by atoms with E-state index in [9.17, 15) is 5.11 Å². The number of aliphatic hydroxyl groups is 1. The van der Waals surface area contributed by atoms with Gasteiger partial charge in [-0.1, -0.05) is 230 Å². The van der Waals surface area contributed by atoms with E-state index in [-0.39, 0.29) is 18.4 Å². The number of ether oxygens (including phenoxy) is 3. The number of benzene rings is 8. The van der Waals surface area contributed by atoms with E-state index in [4.69, 9.17) is 14.2 Å². The molecule has 0 bridgehead atoms. The molecule has 8 aromatic carbocycles. The van der Waals surface area contributed by atoms with E-state index in [1.807, 2.05) is 0 Å². The van der Waals surface area contributed by atoms with Gasteiger partial charge in [-0.3, -0.25) is 0 Å². The summed E-state index contributed by atoms with van der Waals surface area (Å²) in [7, 11) is 0. The van der Waals surface area contributed by atoms with E-state index < -0.39 is 10.8 Å². The van der Waals surface area contributed by atoms with Gasteiger partial charge < -0.3 is 19.3 Å². The Morgan fingerprint density at radius 1 is 0.473 bits per heavy atom. The average molecular weight is 1110 g/mol. The van der Waals surface area contributed by atoms with Crippen LogP contribution in [0, 0.1) is 5.92 Å². The summed E-state index contributed by atoms with van der Waals surface area (Å²) in [6.45, 7) is 10.6. The number of rotatable bonds is 20. The third-order valence-corrected chi connectivity index (χ3v) is 17.6. The molecule has 3 aliphatic carbocycles. The molecule has 8 aromatic rings. The minimum Gasteiger partial charge on any atom is -0.392 e. The van der Waals surface area contributed by atoms with Crippen LogP contribution in [0.5, 0.6) is 0 Å².